The molecule has 2 aromatic heterocycles. The molecule has 4 N–H and O–H groups in total. The fourth-order valence-electron chi connectivity index (χ4n) is 4.23. The Morgan fingerprint density at radius 3 is 2.74 bits per heavy atom. The molecule has 38 heavy (non-hydrogen) atoms. The van der Waals surface area contributed by atoms with Gasteiger partial charge < -0.3 is 21.1 Å². The number of amides is 2. The number of aromatic hydroxyl groups is 1. The quantitative estimate of drug-likeness (QED) is 0.288. The summed E-state index contributed by atoms with van der Waals surface area (Å²) in [6.45, 7) is 0.787. The Kier molecular flexibility index (Phi) is 7.08. The second-order valence-corrected chi connectivity index (χ2v) is 9.46. The van der Waals surface area contributed by atoms with Gasteiger partial charge >= 0.3 is 0 Å². The highest BCUT2D eigenvalue weighted by atomic mass is 32.1. The Morgan fingerprint density at radius 1 is 1.16 bits per heavy atom. The molecule has 1 atom stereocenters. The third-order valence-electron chi connectivity index (χ3n) is 6.04. The minimum atomic E-state index is -0.627. The molecule has 4 aromatic rings. The molecule has 0 spiro atoms. The van der Waals surface area contributed by atoms with Crippen LogP contribution >= 0.6 is 11.3 Å². The Labute approximate surface area is 221 Å². The molecular formula is C27H21FN6O3S. The Balaban J connectivity index is 1.60. The van der Waals surface area contributed by atoms with Crippen LogP contribution in [0.2, 0.25) is 0 Å². The topological polar surface area (TPSA) is 140 Å². The smallest absolute Gasteiger partial charge is 0.285 e. The van der Waals surface area contributed by atoms with Crippen molar-refractivity contribution in [1.82, 2.24) is 15.3 Å². The van der Waals surface area contributed by atoms with E-state index in [0.29, 0.717) is 16.8 Å². The molecule has 0 saturated carbocycles. The van der Waals surface area contributed by atoms with E-state index in [0.717, 1.165) is 36.8 Å². The second-order valence-electron chi connectivity index (χ2n) is 8.56. The average Bonchev–Trinajstić information content (AvgIpc) is 3.64. The van der Waals surface area contributed by atoms with E-state index in [1.165, 1.54) is 18.3 Å². The Morgan fingerprint density at radius 2 is 2.03 bits per heavy atom. The summed E-state index contributed by atoms with van der Waals surface area (Å²) in [5.41, 5.74) is 1.97. The Bertz CT molecular complexity index is 1560. The maximum Gasteiger partial charge on any atom is 0.285 e. The molecule has 1 saturated heterocycles. The van der Waals surface area contributed by atoms with Gasteiger partial charge in [-0.2, -0.15) is 5.26 Å². The molecule has 11 heteroatoms. The van der Waals surface area contributed by atoms with E-state index in [2.05, 4.69) is 32.0 Å². The van der Waals surface area contributed by atoms with Crippen LogP contribution in [-0.2, 0) is 4.79 Å². The fourth-order valence-corrected chi connectivity index (χ4v) is 4.76. The van der Waals surface area contributed by atoms with Gasteiger partial charge in [-0.1, -0.05) is 12.1 Å². The summed E-state index contributed by atoms with van der Waals surface area (Å²) in [6.07, 6.45) is 3.16. The molecular weight excluding hydrogens is 507 g/mol. The number of anilines is 2. The standard InChI is InChI=1S/C27H21FN6O3S/c28-16-6-7-18(23(35)12-16)22-13-19(20(14-29)24(33-22)34-26(37)27-31-9-10-38-27)15-3-1-4-17(11-15)32-25(36)21-5-2-8-30-21/h1,3-4,6-7,9-13,21,30,35H,2,5,8H2,(H,32,36)(H,33,34,37)/t21-/m1/s1. The lowest BCUT2D eigenvalue weighted by atomic mass is 9.97. The van der Waals surface area contributed by atoms with Crippen molar-refractivity contribution in [1.29, 1.82) is 5.26 Å². The molecule has 190 valence electrons. The molecule has 5 rings (SSSR count). The predicted molar refractivity (Wildman–Crippen MR) is 141 cm³/mol. The van der Waals surface area contributed by atoms with Gasteiger partial charge in [0.2, 0.25) is 5.91 Å². The van der Waals surface area contributed by atoms with Crippen LogP contribution in [-0.4, -0.2) is 39.5 Å². The number of benzene rings is 2. The first-order valence-electron chi connectivity index (χ1n) is 11.7. The molecule has 1 aliphatic rings. The monoisotopic (exact) mass is 528 g/mol. The zero-order valence-corrected chi connectivity index (χ0v) is 20.7. The third-order valence-corrected chi connectivity index (χ3v) is 6.82. The van der Waals surface area contributed by atoms with E-state index in [4.69, 9.17) is 0 Å². The summed E-state index contributed by atoms with van der Waals surface area (Å²) >= 11 is 1.13. The first-order chi connectivity index (χ1) is 18.4. The summed E-state index contributed by atoms with van der Waals surface area (Å²) in [6, 6.07) is 13.8. The first kappa shape index (κ1) is 25.0. The number of nitriles is 1. The molecule has 2 aromatic carbocycles. The van der Waals surface area contributed by atoms with Crippen LogP contribution in [0, 0.1) is 17.1 Å². The molecule has 2 amide bonds. The van der Waals surface area contributed by atoms with Crippen molar-refractivity contribution in [2.45, 2.75) is 18.9 Å². The molecule has 9 nitrogen and oxygen atoms in total. The van der Waals surface area contributed by atoms with Gasteiger partial charge in [-0.15, -0.1) is 11.3 Å². The molecule has 0 unspecified atom stereocenters. The predicted octanol–water partition coefficient (Wildman–Crippen LogP) is 4.53. The fraction of sp³-hybridized carbons (Fsp3) is 0.148. The number of nitrogens with one attached hydrogen (secondary N) is 3. The summed E-state index contributed by atoms with van der Waals surface area (Å²) in [7, 11) is 0. The number of hydrogen-bond donors (Lipinski definition) is 4. The van der Waals surface area contributed by atoms with Gasteiger partial charge in [-0.25, -0.2) is 14.4 Å². The first-order valence-corrected chi connectivity index (χ1v) is 12.6. The highest BCUT2D eigenvalue weighted by Crippen LogP contribution is 2.36. The van der Waals surface area contributed by atoms with E-state index in [-0.39, 0.29) is 45.3 Å². The number of phenols is 1. The van der Waals surface area contributed by atoms with Gasteiger partial charge in [0.1, 0.15) is 23.2 Å². The van der Waals surface area contributed by atoms with E-state index >= 15 is 0 Å². The summed E-state index contributed by atoms with van der Waals surface area (Å²) in [4.78, 5) is 33.8. The van der Waals surface area contributed by atoms with Gasteiger partial charge in [-0.3, -0.25) is 9.59 Å². The number of carbonyl (C=O) groups is 2. The largest absolute Gasteiger partial charge is 0.507 e. The number of halogens is 1. The summed E-state index contributed by atoms with van der Waals surface area (Å²) in [5.74, 6) is -1.73. The normalized spacial score (nSPS) is 14.6. The SMILES string of the molecule is N#Cc1c(-c2cccc(NC(=O)[C@H]3CCCN3)c2)cc(-c2ccc(F)cc2O)nc1NC(=O)c1nccs1. The van der Waals surface area contributed by atoms with Crippen molar-refractivity contribution in [2.75, 3.05) is 17.2 Å². The summed E-state index contributed by atoms with van der Waals surface area (Å²) in [5, 5.41) is 31.0. The van der Waals surface area contributed by atoms with Crippen LogP contribution in [0.5, 0.6) is 5.75 Å². The van der Waals surface area contributed by atoms with E-state index in [9.17, 15) is 24.3 Å². The molecule has 1 fully saturated rings. The number of thiazole rings is 1. The van der Waals surface area contributed by atoms with Gasteiger partial charge in [0, 0.05) is 34.5 Å². The van der Waals surface area contributed by atoms with Crippen molar-refractivity contribution in [2.24, 2.45) is 0 Å². The maximum atomic E-state index is 13.7. The van der Waals surface area contributed by atoms with Gasteiger partial charge in [0.15, 0.2) is 10.8 Å². The number of pyridine rings is 1. The lowest BCUT2D eigenvalue weighted by molar-refractivity contribution is -0.117. The average molecular weight is 529 g/mol. The van der Waals surface area contributed by atoms with Crippen molar-refractivity contribution in [3.8, 4) is 34.2 Å². The summed E-state index contributed by atoms with van der Waals surface area (Å²) < 4.78 is 13.7. The minimum Gasteiger partial charge on any atom is -0.507 e. The minimum absolute atomic E-state index is 0.0477. The lowest BCUT2D eigenvalue weighted by Gasteiger charge is -2.15. The van der Waals surface area contributed by atoms with Gasteiger partial charge in [0.05, 0.1) is 11.7 Å². The van der Waals surface area contributed by atoms with Crippen molar-refractivity contribution >= 4 is 34.7 Å². The molecule has 0 aliphatic carbocycles. The molecule has 0 bridgehead atoms. The van der Waals surface area contributed by atoms with Crippen LogP contribution in [0.4, 0.5) is 15.9 Å². The molecule has 0 radical (unpaired) electrons. The van der Waals surface area contributed by atoms with Crippen LogP contribution in [0.3, 0.4) is 0 Å². The van der Waals surface area contributed by atoms with Crippen molar-refractivity contribution < 1.29 is 19.1 Å². The zero-order valence-electron chi connectivity index (χ0n) is 19.9. The maximum absolute atomic E-state index is 13.7. The van der Waals surface area contributed by atoms with Crippen molar-refractivity contribution in [3.63, 3.8) is 0 Å². The third kappa shape index (κ3) is 5.22. The molecule has 3 heterocycles. The number of hydrogen-bond acceptors (Lipinski definition) is 8. The van der Waals surface area contributed by atoms with Crippen LogP contribution in [0.25, 0.3) is 22.4 Å². The highest BCUT2D eigenvalue weighted by molar-refractivity contribution is 7.11. The highest BCUT2D eigenvalue weighted by Gasteiger charge is 2.23. The van der Waals surface area contributed by atoms with Crippen LogP contribution in [0.1, 0.15) is 28.2 Å². The van der Waals surface area contributed by atoms with Crippen LogP contribution in [0.15, 0.2) is 60.1 Å². The number of nitrogens with zero attached hydrogens (tertiary/aromatic N) is 3. The second kappa shape index (κ2) is 10.8. The molecule has 1 aliphatic heterocycles. The van der Waals surface area contributed by atoms with Crippen molar-refractivity contribution in [3.05, 3.63) is 76.5 Å². The van der Waals surface area contributed by atoms with E-state index in [1.54, 1.807) is 35.7 Å². The van der Waals surface area contributed by atoms with Gasteiger partial charge in [-0.05, 0) is 55.3 Å². The van der Waals surface area contributed by atoms with Crippen LogP contribution < -0.4 is 16.0 Å². The number of rotatable bonds is 6. The Hall–Kier alpha value is -4.66. The number of aromatic nitrogens is 2. The number of carbonyl (C=O) groups excluding carboxylic acids is 2. The zero-order chi connectivity index (χ0) is 26.6. The number of phenolic OH excluding ortho intramolecular Hbond substituents is 1. The van der Waals surface area contributed by atoms with E-state index in [1.807, 2.05) is 0 Å². The van der Waals surface area contributed by atoms with Gasteiger partial charge in [0.25, 0.3) is 5.91 Å². The lowest BCUT2D eigenvalue weighted by Crippen LogP contribution is -2.35. The van der Waals surface area contributed by atoms with E-state index < -0.39 is 11.7 Å².